The summed E-state index contributed by atoms with van der Waals surface area (Å²) in [7, 11) is 0. The molecule has 10 heteroatoms. The number of hydrogen-bond donors (Lipinski definition) is 4. The predicted octanol–water partition coefficient (Wildman–Crippen LogP) is 9.36. The summed E-state index contributed by atoms with van der Waals surface area (Å²) in [5.41, 5.74) is 4.17. The van der Waals surface area contributed by atoms with Crippen LogP contribution in [0, 0.1) is 18.6 Å². The minimum absolute atomic E-state index is 0.0225. The molecule has 2 heterocycles. The molecule has 0 bridgehead atoms. The van der Waals surface area contributed by atoms with E-state index in [0.29, 0.717) is 22.3 Å². The first-order valence-corrected chi connectivity index (χ1v) is 16.8. The Labute approximate surface area is 272 Å². The summed E-state index contributed by atoms with van der Waals surface area (Å²) in [4.78, 5) is 21.5. The van der Waals surface area contributed by atoms with Crippen molar-refractivity contribution in [2.24, 2.45) is 0 Å². The number of unbranched alkanes of at least 4 members (excludes halogenated alkanes) is 3. The molecule has 5 aromatic rings. The van der Waals surface area contributed by atoms with Crippen LogP contribution >= 0.6 is 11.8 Å². The lowest BCUT2D eigenvalue weighted by atomic mass is 9.89. The molecule has 0 aliphatic rings. The normalized spacial score (nSPS) is 11.7. The third-order valence-corrected chi connectivity index (χ3v) is 8.64. The van der Waals surface area contributed by atoms with Gasteiger partial charge in [0.05, 0.1) is 17.9 Å². The highest BCUT2D eigenvalue weighted by atomic mass is 32.2. The molecule has 0 fully saturated rings. The number of aliphatic hydroxyl groups is 1. The van der Waals surface area contributed by atoms with Crippen molar-refractivity contribution in [2.75, 3.05) is 11.5 Å². The molecule has 4 N–H and O–H groups in total. The number of aromatic nitrogens is 3. The number of H-pyrrole nitrogens is 2. The number of aromatic amines is 2. The van der Waals surface area contributed by atoms with Gasteiger partial charge in [0.15, 0.2) is 11.6 Å². The van der Waals surface area contributed by atoms with Crippen LogP contribution < -0.4 is 4.74 Å². The Balaban J connectivity index is 0.00000235. The predicted molar refractivity (Wildman–Crippen MR) is 181 cm³/mol. The lowest BCUT2D eigenvalue weighted by Gasteiger charge is -2.17. The number of thioether (sulfide) groups is 1. The van der Waals surface area contributed by atoms with Crippen LogP contribution in [0.1, 0.15) is 74.3 Å². The smallest absolute Gasteiger partial charge is 0.313 e. The fourth-order valence-electron chi connectivity index (χ4n) is 5.46. The summed E-state index contributed by atoms with van der Waals surface area (Å²) >= 11 is 1.44. The molecular weight excluding hydrogens is 608 g/mol. The Morgan fingerprint density at radius 2 is 1.83 bits per heavy atom. The van der Waals surface area contributed by atoms with Crippen LogP contribution in [0.5, 0.6) is 11.5 Å². The number of hydrogen-bond acceptors (Lipinski definition) is 5. The fraction of sp³-hybridized carbons (Fsp3) is 0.333. The van der Waals surface area contributed by atoms with Gasteiger partial charge in [-0.05, 0) is 55.3 Å². The Hall–Kier alpha value is -4.15. The molecule has 2 aromatic heterocycles. The van der Waals surface area contributed by atoms with Crippen LogP contribution in [-0.2, 0) is 11.4 Å². The first-order valence-electron chi connectivity index (χ1n) is 15.6. The molecule has 0 aliphatic heterocycles. The first kappa shape index (κ1) is 34.7. The minimum atomic E-state index is -0.784. The quantitative estimate of drug-likeness (QED) is 0.0841. The molecule has 0 saturated heterocycles. The van der Waals surface area contributed by atoms with Crippen LogP contribution in [0.25, 0.3) is 22.3 Å². The van der Waals surface area contributed by atoms with E-state index in [2.05, 4.69) is 27.1 Å². The number of nitrogens with zero attached hydrogens (tertiary/aromatic N) is 1. The number of nitrogens with one attached hydrogen (secondary N) is 2. The van der Waals surface area contributed by atoms with E-state index >= 15 is 4.39 Å². The van der Waals surface area contributed by atoms with Crippen LogP contribution in [0.2, 0.25) is 0 Å². The molecule has 3 aromatic carbocycles. The van der Waals surface area contributed by atoms with Crippen molar-refractivity contribution in [3.05, 3.63) is 101 Å². The highest BCUT2D eigenvalue weighted by molar-refractivity contribution is 7.99. The average Bonchev–Trinajstić information content (AvgIpc) is 3.72. The van der Waals surface area contributed by atoms with E-state index in [1.54, 1.807) is 18.5 Å². The second-order valence-electron chi connectivity index (χ2n) is 10.8. The van der Waals surface area contributed by atoms with Crippen LogP contribution in [0.15, 0.2) is 67.0 Å². The minimum Gasteiger partial charge on any atom is -0.481 e. The van der Waals surface area contributed by atoms with E-state index in [1.807, 2.05) is 32.9 Å². The van der Waals surface area contributed by atoms with Gasteiger partial charge in [0.2, 0.25) is 0 Å². The summed E-state index contributed by atoms with van der Waals surface area (Å²) in [6.45, 7) is 5.62. The lowest BCUT2D eigenvalue weighted by molar-refractivity contribution is -0.133. The summed E-state index contributed by atoms with van der Waals surface area (Å²) in [5.74, 6) is -0.512. The van der Waals surface area contributed by atoms with Gasteiger partial charge in [-0.25, -0.2) is 13.8 Å². The maximum absolute atomic E-state index is 15.1. The topological polar surface area (TPSA) is 111 Å². The SMILES string of the molecule is CC.Cc1cccc(C(CCCCCCSCC(=O)O)c2cnc(-c3cc(Oc4c(F)cc5[nH]ccc5c4CO)ccc3F)[nH]2)c1. The molecule has 0 saturated carbocycles. The van der Waals surface area contributed by atoms with Gasteiger partial charge in [0.1, 0.15) is 17.4 Å². The summed E-state index contributed by atoms with van der Waals surface area (Å²) in [5, 5.41) is 19.4. The van der Waals surface area contributed by atoms with Gasteiger partial charge >= 0.3 is 5.97 Å². The Kier molecular flexibility index (Phi) is 12.8. The second kappa shape index (κ2) is 17.0. The zero-order chi connectivity index (χ0) is 33.1. The van der Waals surface area contributed by atoms with E-state index < -0.39 is 24.2 Å². The maximum Gasteiger partial charge on any atom is 0.313 e. The van der Waals surface area contributed by atoms with Crippen molar-refractivity contribution in [2.45, 2.75) is 65.4 Å². The van der Waals surface area contributed by atoms with E-state index in [0.717, 1.165) is 54.7 Å². The van der Waals surface area contributed by atoms with Gasteiger partial charge in [-0.3, -0.25) is 4.79 Å². The number of carbonyl (C=O) groups is 1. The molecule has 1 unspecified atom stereocenters. The number of benzene rings is 3. The summed E-state index contributed by atoms with van der Waals surface area (Å²) in [6, 6.07) is 15.5. The Bertz CT molecular complexity index is 1740. The van der Waals surface area contributed by atoms with Gasteiger partial charge in [0.25, 0.3) is 0 Å². The summed E-state index contributed by atoms with van der Waals surface area (Å²) in [6.07, 6.45) is 8.25. The van der Waals surface area contributed by atoms with E-state index in [4.69, 9.17) is 9.84 Å². The number of imidazole rings is 1. The van der Waals surface area contributed by atoms with Crippen LogP contribution in [0.4, 0.5) is 8.78 Å². The molecule has 1 atom stereocenters. The number of rotatable bonds is 15. The van der Waals surface area contributed by atoms with Gasteiger partial charge < -0.3 is 24.9 Å². The largest absolute Gasteiger partial charge is 0.481 e. The Morgan fingerprint density at radius 1 is 1.02 bits per heavy atom. The zero-order valence-electron chi connectivity index (χ0n) is 26.4. The number of aliphatic hydroxyl groups excluding tert-OH is 1. The second-order valence-corrected chi connectivity index (χ2v) is 11.9. The van der Waals surface area contributed by atoms with Gasteiger partial charge in [-0.1, -0.05) is 62.9 Å². The van der Waals surface area contributed by atoms with E-state index in [-0.39, 0.29) is 28.7 Å². The average molecular weight is 650 g/mol. The molecule has 0 spiro atoms. The standard InChI is InChI=1S/C34H35F2N3O4S.C2H6/c1-21-7-6-8-22(15-21)24(9-4-2-3-5-14-44-20-32(41)42)31-18-38-34(39-31)26-16-23(10-11-28(26)35)43-33-27(19-40)25-12-13-37-30(25)17-29(33)36;1-2/h6-8,10-13,15-18,24,37,40H,2-5,9,14,19-20H2,1H3,(H,38,39)(H,41,42);1-2H3. The fourth-order valence-corrected chi connectivity index (χ4v) is 6.19. The molecular formula is C36H41F2N3O4S. The number of aliphatic carboxylic acids is 1. The van der Waals surface area contributed by atoms with Gasteiger partial charge in [-0.2, -0.15) is 11.8 Å². The molecule has 46 heavy (non-hydrogen) atoms. The molecule has 7 nitrogen and oxygen atoms in total. The number of ether oxygens (including phenoxy) is 1. The van der Waals surface area contributed by atoms with Crippen molar-refractivity contribution in [3.63, 3.8) is 0 Å². The zero-order valence-corrected chi connectivity index (χ0v) is 27.2. The van der Waals surface area contributed by atoms with Crippen molar-refractivity contribution < 1.29 is 28.5 Å². The van der Waals surface area contributed by atoms with E-state index in [9.17, 15) is 14.3 Å². The number of fused-ring (bicyclic) bond motifs is 1. The lowest BCUT2D eigenvalue weighted by Crippen LogP contribution is -2.03. The highest BCUT2D eigenvalue weighted by Gasteiger charge is 2.21. The van der Waals surface area contributed by atoms with Gasteiger partial charge in [0, 0.05) is 46.5 Å². The number of halogens is 2. The third kappa shape index (κ3) is 8.76. The first-order chi connectivity index (χ1) is 22.3. The number of aryl methyl sites for hydroxylation is 1. The van der Waals surface area contributed by atoms with Crippen LogP contribution in [0.3, 0.4) is 0 Å². The van der Waals surface area contributed by atoms with Crippen molar-refractivity contribution >= 4 is 28.6 Å². The Morgan fingerprint density at radius 3 is 2.59 bits per heavy atom. The van der Waals surface area contributed by atoms with Crippen LogP contribution in [-0.4, -0.2) is 42.6 Å². The third-order valence-electron chi connectivity index (χ3n) is 7.61. The van der Waals surface area contributed by atoms with Gasteiger partial charge in [-0.15, -0.1) is 0 Å². The van der Waals surface area contributed by atoms with E-state index in [1.165, 1.54) is 36.0 Å². The number of carboxylic acids is 1. The van der Waals surface area contributed by atoms with Crippen molar-refractivity contribution in [1.29, 1.82) is 0 Å². The maximum atomic E-state index is 15.1. The highest BCUT2D eigenvalue weighted by Crippen LogP contribution is 2.37. The molecule has 5 rings (SSSR count). The summed E-state index contributed by atoms with van der Waals surface area (Å²) < 4.78 is 36.0. The molecule has 0 amide bonds. The molecule has 0 aliphatic carbocycles. The van der Waals surface area contributed by atoms with Crippen molar-refractivity contribution in [3.8, 4) is 22.9 Å². The molecule has 0 radical (unpaired) electrons. The van der Waals surface area contributed by atoms with Crippen molar-refractivity contribution in [1.82, 2.24) is 15.0 Å². The number of carboxylic acid groups (broad SMARTS) is 1. The molecule has 244 valence electrons. The monoisotopic (exact) mass is 649 g/mol.